The molecule has 0 amide bonds. The molecule has 0 radical (unpaired) electrons. The second-order valence-corrected chi connectivity index (χ2v) is 7.14. The highest BCUT2D eigenvalue weighted by Crippen LogP contribution is 2.44. The van der Waals surface area contributed by atoms with Gasteiger partial charge in [-0.1, -0.05) is 30.3 Å². The molecule has 1 unspecified atom stereocenters. The minimum atomic E-state index is -2.86. The van der Waals surface area contributed by atoms with Gasteiger partial charge in [-0.15, -0.1) is 0 Å². The fraction of sp³-hybridized carbons (Fsp3) is 0.217. The summed E-state index contributed by atoms with van der Waals surface area (Å²) in [6, 6.07) is 17.3. The van der Waals surface area contributed by atoms with Gasteiger partial charge >= 0.3 is 6.61 Å². The van der Waals surface area contributed by atoms with Gasteiger partial charge in [0, 0.05) is 18.8 Å². The number of ether oxygens (including phenoxy) is 1. The first-order valence-corrected chi connectivity index (χ1v) is 9.39. The van der Waals surface area contributed by atoms with Gasteiger partial charge in [-0.05, 0) is 65.4 Å². The number of rotatable bonds is 5. The highest BCUT2D eigenvalue weighted by molar-refractivity contribution is 5.84. The molecule has 0 spiro atoms. The Balaban J connectivity index is 1.81. The molecule has 1 aromatic heterocycles. The van der Waals surface area contributed by atoms with Crippen molar-refractivity contribution < 1.29 is 13.5 Å². The fourth-order valence-electron chi connectivity index (χ4n) is 3.87. The van der Waals surface area contributed by atoms with E-state index >= 15 is 0 Å². The Labute approximate surface area is 168 Å². The van der Waals surface area contributed by atoms with Crippen molar-refractivity contribution in [3.63, 3.8) is 0 Å². The molecule has 0 saturated carbocycles. The maximum atomic E-state index is 12.6. The van der Waals surface area contributed by atoms with E-state index in [0.29, 0.717) is 24.2 Å². The fourth-order valence-corrected chi connectivity index (χ4v) is 3.87. The quantitative estimate of drug-likeness (QED) is 0.660. The van der Waals surface area contributed by atoms with Gasteiger partial charge in [0.15, 0.2) is 0 Å². The van der Waals surface area contributed by atoms with Crippen molar-refractivity contribution in [1.82, 2.24) is 4.98 Å². The van der Waals surface area contributed by atoms with E-state index in [1.54, 1.807) is 25.3 Å². The number of aryl methyl sites for hydroxylation is 1. The Morgan fingerprint density at radius 2 is 1.83 bits per heavy atom. The van der Waals surface area contributed by atoms with Crippen molar-refractivity contribution in [3.8, 4) is 16.9 Å². The van der Waals surface area contributed by atoms with Gasteiger partial charge in [0.25, 0.3) is 0 Å². The van der Waals surface area contributed by atoms with Crippen LogP contribution in [0.1, 0.15) is 29.5 Å². The van der Waals surface area contributed by atoms with Crippen molar-refractivity contribution in [2.75, 3.05) is 0 Å². The third-order valence-electron chi connectivity index (χ3n) is 5.28. The summed E-state index contributed by atoms with van der Waals surface area (Å²) >= 11 is 0. The van der Waals surface area contributed by atoms with Crippen LogP contribution in [-0.4, -0.2) is 17.4 Å². The number of aliphatic imine (C=N–C) groups is 1. The summed E-state index contributed by atoms with van der Waals surface area (Å²) in [6.07, 6.45) is 4.94. The van der Waals surface area contributed by atoms with Crippen LogP contribution in [0.25, 0.3) is 11.1 Å². The SMILES string of the molecule is Cc1cc(C2(c3cccc(-c4cccnc4)c3)CCC(N)=N2)ccc1OC(F)F. The van der Waals surface area contributed by atoms with Crippen molar-refractivity contribution >= 4 is 5.84 Å². The first-order valence-electron chi connectivity index (χ1n) is 9.39. The van der Waals surface area contributed by atoms with E-state index in [-0.39, 0.29) is 5.75 Å². The van der Waals surface area contributed by atoms with Gasteiger partial charge in [-0.2, -0.15) is 8.78 Å². The number of hydrogen-bond acceptors (Lipinski definition) is 4. The maximum absolute atomic E-state index is 12.6. The number of halogens is 2. The minimum absolute atomic E-state index is 0.165. The van der Waals surface area contributed by atoms with E-state index in [2.05, 4.69) is 15.8 Å². The van der Waals surface area contributed by atoms with E-state index in [4.69, 9.17) is 10.7 Å². The summed E-state index contributed by atoms with van der Waals surface area (Å²) in [5, 5.41) is 0. The molecular formula is C23H21F2N3O. The normalized spacial score (nSPS) is 18.7. The lowest BCUT2D eigenvalue weighted by Crippen LogP contribution is -2.23. The number of nitrogens with zero attached hydrogens (tertiary/aromatic N) is 2. The number of aromatic nitrogens is 1. The van der Waals surface area contributed by atoms with Crippen molar-refractivity contribution in [3.05, 3.63) is 83.7 Å². The molecule has 4 rings (SSSR count). The van der Waals surface area contributed by atoms with Crippen LogP contribution in [0.4, 0.5) is 8.78 Å². The zero-order valence-corrected chi connectivity index (χ0v) is 16.0. The monoisotopic (exact) mass is 393 g/mol. The number of amidine groups is 1. The second kappa shape index (κ2) is 7.62. The van der Waals surface area contributed by atoms with Gasteiger partial charge in [-0.25, -0.2) is 0 Å². The van der Waals surface area contributed by atoms with Crippen LogP contribution in [0.2, 0.25) is 0 Å². The van der Waals surface area contributed by atoms with E-state index < -0.39 is 12.2 Å². The van der Waals surface area contributed by atoms with E-state index in [9.17, 15) is 8.78 Å². The van der Waals surface area contributed by atoms with E-state index in [0.717, 1.165) is 22.3 Å². The molecule has 0 aliphatic carbocycles. The summed E-state index contributed by atoms with van der Waals surface area (Å²) in [5.74, 6) is 0.750. The maximum Gasteiger partial charge on any atom is 0.387 e. The molecular weight excluding hydrogens is 372 g/mol. The summed E-state index contributed by atoms with van der Waals surface area (Å²) in [4.78, 5) is 9.01. The number of benzene rings is 2. The van der Waals surface area contributed by atoms with Crippen LogP contribution < -0.4 is 10.5 Å². The molecule has 29 heavy (non-hydrogen) atoms. The van der Waals surface area contributed by atoms with Gasteiger partial charge in [0.1, 0.15) is 11.3 Å². The van der Waals surface area contributed by atoms with Crippen LogP contribution in [0.15, 0.2) is 72.0 Å². The molecule has 1 atom stereocenters. The molecule has 4 nitrogen and oxygen atoms in total. The van der Waals surface area contributed by atoms with Crippen LogP contribution in [0, 0.1) is 6.92 Å². The molecule has 3 aromatic rings. The molecule has 1 aliphatic rings. The van der Waals surface area contributed by atoms with Gasteiger partial charge in [-0.3, -0.25) is 9.98 Å². The predicted octanol–water partition coefficient (Wildman–Crippen LogP) is 5.05. The standard InChI is InChI=1S/C23H21F2N3O/c1-15-12-19(7-8-20(15)29-22(24)25)23(10-9-21(26)28-23)18-6-2-4-16(13-18)17-5-3-11-27-14-17/h2-8,11-14,22H,9-10H2,1H3,(H2,26,28). The summed E-state index contributed by atoms with van der Waals surface area (Å²) < 4.78 is 29.9. The molecule has 0 bridgehead atoms. The molecule has 2 N–H and O–H groups in total. The number of alkyl halides is 2. The Bertz CT molecular complexity index is 1050. The Morgan fingerprint density at radius 1 is 1.03 bits per heavy atom. The lowest BCUT2D eigenvalue weighted by Gasteiger charge is -2.28. The molecule has 0 saturated heterocycles. The van der Waals surface area contributed by atoms with E-state index in [1.807, 2.05) is 42.6 Å². The third-order valence-corrected chi connectivity index (χ3v) is 5.28. The van der Waals surface area contributed by atoms with Crippen LogP contribution >= 0.6 is 0 Å². The molecule has 148 valence electrons. The number of nitrogens with two attached hydrogens (primary N) is 1. The smallest absolute Gasteiger partial charge is 0.387 e. The molecule has 0 fully saturated rings. The van der Waals surface area contributed by atoms with Gasteiger partial charge < -0.3 is 10.5 Å². The van der Waals surface area contributed by atoms with Gasteiger partial charge in [0.05, 0.1) is 5.84 Å². The van der Waals surface area contributed by atoms with Crippen molar-refractivity contribution in [2.45, 2.75) is 31.9 Å². The van der Waals surface area contributed by atoms with Crippen molar-refractivity contribution in [1.29, 1.82) is 0 Å². The topological polar surface area (TPSA) is 60.5 Å². The number of pyridine rings is 1. The zero-order valence-electron chi connectivity index (χ0n) is 16.0. The second-order valence-electron chi connectivity index (χ2n) is 7.14. The lowest BCUT2D eigenvalue weighted by molar-refractivity contribution is -0.0503. The first kappa shape index (κ1) is 19.1. The molecule has 6 heteroatoms. The Morgan fingerprint density at radius 3 is 2.48 bits per heavy atom. The first-order chi connectivity index (χ1) is 14.0. The largest absolute Gasteiger partial charge is 0.435 e. The number of hydrogen-bond donors (Lipinski definition) is 1. The van der Waals surface area contributed by atoms with Crippen molar-refractivity contribution in [2.24, 2.45) is 10.7 Å². The highest BCUT2D eigenvalue weighted by Gasteiger charge is 2.38. The Kier molecular flexibility index (Phi) is 5.01. The minimum Gasteiger partial charge on any atom is -0.435 e. The molecule has 2 heterocycles. The van der Waals surface area contributed by atoms with Crippen LogP contribution in [0.5, 0.6) is 5.75 Å². The van der Waals surface area contributed by atoms with Crippen LogP contribution in [0.3, 0.4) is 0 Å². The highest BCUT2D eigenvalue weighted by atomic mass is 19.3. The molecule has 2 aromatic carbocycles. The lowest BCUT2D eigenvalue weighted by atomic mass is 9.80. The summed E-state index contributed by atoms with van der Waals surface area (Å²) in [5.41, 5.74) is 10.0. The third kappa shape index (κ3) is 3.70. The van der Waals surface area contributed by atoms with E-state index in [1.165, 1.54) is 0 Å². The summed E-state index contributed by atoms with van der Waals surface area (Å²) in [7, 11) is 0. The zero-order chi connectivity index (χ0) is 20.4. The van der Waals surface area contributed by atoms with Crippen LogP contribution in [-0.2, 0) is 5.54 Å². The Hall–Kier alpha value is -3.28. The predicted molar refractivity (Wildman–Crippen MR) is 109 cm³/mol. The molecule has 1 aliphatic heterocycles. The summed E-state index contributed by atoms with van der Waals surface area (Å²) in [6.45, 7) is -1.10. The average molecular weight is 393 g/mol. The average Bonchev–Trinajstić information content (AvgIpc) is 3.13. The van der Waals surface area contributed by atoms with Gasteiger partial charge in [0.2, 0.25) is 0 Å².